The van der Waals surface area contributed by atoms with Crippen LogP contribution in [0.4, 0.5) is 0 Å². The van der Waals surface area contributed by atoms with Crippen LogP contribution in [0.1, 0.15) is 38.7 Å². The van der Waals surface area contributed by atoms with Crippen molar-refractivity contribution in [2.45, 2.75) is 40.0 Å². The van der Waals surface area contributed by atoms with Gasteiger partial charge in [0.1, 0.15) is 11.0 Å². The second kappa shape index (κ2) is 5.30. The summed E-state index contributed by atoms with van der Waals surface area (Å²) in [7, 11) is 0. The van der Waals surface area contributed by atoms with Crippen molar-refractivity contribution in [2.24, 2.45) is 5.92 Å². The summed E-state index contributed by atoms with van der Waals surface area (Å²) in [4.78, 5) is 8.68. The van der Waals surface area contributed by atoms with Crippen LogP contribution in [-0.4, -0.2) is 9.97 Å². The van der Waals surface area contributed by atoms with E-state index in [9.17, 15) is 0 Å². The minimum Gasteiger partial charge on any atom is -0.238 e. The Kier molecular flexibility index (Phi) is 4.33. The summed E-state index contributed by atoms with van der Waals surface area (Å²) in [5.41, 5.74) is 1.06. The Balaban J connectivity index is 2.83. The zero-order valence-electron chi connectivity index (χ0n) is 9.05. The second-order valence-electron chi connectivity index (χ2n) is 3.95. The number of aryl methyl sites for hydroxylation is 1. The lowest BCUT2D eigenvalue weighted by Crippen LogP contribution is -2.03. The molecule has 0 aliphatic rings. The summed E-state index contributed by atoms with van der Waals surface area (Å²) < 4.78 is 0. The van der Waals surface area contributed by atoms with E-state index in [4.69, 9.17) is 11.6 Å². The fourth-order valence-corrected chi connectivity index (χ4v) is 1.58. The number of halogens is 1. The van der Waals surface area contributed by atoms with E-state index in [2.05, 4.69) is 30.7 Å². The van der Waals surface area contributed by atoms with Crippen molar-refractivity contribution in [3.8, 4) is 0 Å². The molecular formula is C11H17ClN2. The van der Waals surface area contributed by atoms with E-state index in [1.54, 1.807) is 0 Å². The maximum atomic E-state index is 5.92. The van der Waals surface area contributed by atoms with Gasteiger partial charge in [-0.15, -0.1) is 0 Å². The highest BCUT2D eigenvalue weighted by molar-refractivity contribution is 6.29. The van der Waals surface area contributed by atoms with Crippen LogP contribution in [0.15, 0.2) is 6.07 Å². The summed E-state index contributed by atoms with van der Waals surface area (Å²) in [6, 6.07) is 1.86. The lowest BCUT2D eigenvalue weighted by molar-refractivity contribution is 0.616. The summed E-state index contributed by atoms with van der Waals surface area (Å²) in [6.45, 7) is 6.45. The molecule has 0 bridgehead atoms. The average Bonchev–Trinajstić information content (AvgIpc) is 2.01. The van der Waals surface area contributed by atoms with Gasteiger partial charge >= 0.3 is 0 Å². The van der Waals surface area contributed by atoms with Crippen LogP contribution >= 0.6 is 11.6 Å². The van der Waals surface area contributed by atoms with Gasteiger partial charge in [0.05, 0.1) is 0 Å². The topological polar surface area (TPSA) is 25.8 Å². The summed E-state index contributed by atoms with van der Waals surface area (Å²) in [6.07, 6.45) is 2.97. The van der Waals surface area contributed by atoms with Crippen LogP contribution in [0.25, 0.3) is 0 Å². The Bertz CT molecular complexity index is 297. The SMILES string of the molecule is CCCc1cc(Cl)nc(CC(C)C)n1. The first-order valence-electron chi connectivity index (χ1n) is 5.14. The van der Waals surface area contributed by atoms with E-state index in [1.165, 1.54) is 0 Å². The third-order valence-electron chi connectivity index (χ3n) is 1.89. The van der Waals surface area contributed by atoms with Crippen LogP contribution in [-0.2, 0) is 12.8 Å². The molecule has 1 heterocycles. The van der Waals surface area contributed by atoms with Crippen molar-refractivity contribution in [1.29, 1.82) is 0 Å². The number of hydrogen-bond acceptors (Lipinski definition) is 2. The third kappa shape index (κ3) is 3.62. The lowest BCUT2D eigenvalue weighted by atomic mass is 10.1. The van der Waals surface area contributed by atoms with Crippen molar-refractivity contribution in [1.82, 2.24) is 9.97 Å². The predicted molar refractivity (Wildman–Crippen MR) is 59.6 cm³/mol. The summed E-state index contributed by atoms with van der Waals surface area (Å²) in [5.74, 6) is 1.44. The van der Waals surface area contributed by atoms with Gasteiger partial charge in [-0.05, 0) is 18.4 Å². The molecule has 14 heavy (non-hydrogen) atoms. The highest BCUT2D eigenvalue weighted by Gasteiger charge is 2.04. The van der Waals surface area contributed by atoms with Crippen LogP contribution in [0.5, 0.6) is 0 Å². The Labute approximate surface area is 90.7 Å². The largest absolute Gasteiger partial charge is 0.238 e. The van der Waals surface area contributed by atoms with Crippen molar-refractivity contribution in [2.75, 3.05) is 0 Å². The number of aromatic nitrogens is 2. The molecule has 1 aromatic heterocycles. The van der Waals surface area contributed by atoms with E-state index in [0.717, 1.165) is 30.8 Å². The van der Waals surface area contributed by atoms with Gasteiger partial charge in [0.2, 0.25) is 0 Å². The molecule has 0 fully saturated rings. The van der Waals surface area contributed by atoms with Gasteiger partial charge in [-0.3, -0.25) is 0 Å². The molecule has 0 N–H and O–H groups in total. The quantitative estimate of drug-likeness (QED) is 0.716. The number of rotatable bonds is 4. The molecule has 0 spiro atoms. The molecule has 0 aromatic carbocycles. The zero-order chi connectivity index (χ0) is 10.6. The van der Waals surface area contributed by atoms with Gasteiger partial charge in [0.15, 0.2) is 0 Å². The Morgan fingerprint density at radius 1 is 1.36 bits per heavy atom. The van der Waals surface area contributed by atoms with E-state index in [-0.39, 0.29) is 0 Å². The Hall–Kier alpha value is -0.630. The van der Waals surface area contributed by atoms with Crippen LogP contribution in [0.2, 0.25) is 5.15 Å². The first-order chi connectivity index (χ1) is 6.61. The molecule has 0 amide bonds. The molecule has 0 aliphatic heterocycles. The van der Waals surface area contributed by atoms with Crippen molar-refractivity contribution in [3.63, 3.8) is 0 Å². The van der Waals surface area contributed by atoms with Crippen molar-refractivity contribution < 1.29 is 0 Å². The highest BCUT2D eigenvalue weighted by Crippen LogP contribution is 2.11. The van der Waals surface area contributed by atoms with Gasteiger partial charge in [0.25, 0.3) is 0 Å². The minimum absolute atomic E-state index is 0.569. The van der Waals surface area contributed by atoms with Crippen molar-refractivity contribution >= 4 is 11.6 Å². The van der Waals surface area contributed by atoms with Gasteiger partial charge < -0.3 is 0 Å². The standard InChI is InChI=1S/C11H17ClN2/c1-4-5-9-7-10(12)14-11(13-9)6-8(2)3/h7-8H,4-6H2,1-3H3. The molecule has 1 aromatic rings. The molecule has 0 saturated carbocycles. The molecular weight excluding hydrogens is 196 g/mol. The van der Waals surface area contributed by atoms with E-state index in [0.29, 0.717) is 11.1 Å². The summed E-state index contributed by atoms with van der Waals surface area (Å²) in [5, 5.41) is 0.569. The third-order valence-corrected chi connectivity index (χ3v) is 2.08. The molecule has 0 radical (unpaired) electrons. The van der Waals surface area contributed by atoms with Crippen LogP contribution in [0.3, 0.4) is 0 Å². The second-order valence-corrected chi connectivity index (χ2v) is 4.33. The zero-order valence-corrected chi connectivity index (χ0v) is 9.80. The predicted octanol–water partition coefficient (Wildman–Crippen LogP) is 3.28. The van der Waals surface area contributed by atoms with E-state index in [1.807, 2.05) is 6.07 Å². The first-order valence-corrected chi connectivity index (χ1v) is 5.52. The number of nitrogens with zero attached hydrogens (tertiary/aromatic N) is 2. The molecule has 1 rings (SSSR count). The fourth-order valence-electron chi connectivity index (χ4n) is 1.36. The van der Waals surface area contributed by atoms with Gasteiger partial charge in [-0.25, -0.2) is 9.97 Å². The molecule has 78 valence electrons. The minimum atomic E-state index is 0.569. The van der Waals surface area contributed by atoms with Crippen LogP contribution < -0.4 is 0 Å². The normalized spacial score (nSPS) is 10.9. The first kappa shape index (κ1) is 11.4. The molecule has 0 atom stereocenters. The molecule has 0 aliphatic carbocycles. The van der Waals surface area contributed by atoms with E-state index < -0.39 is 0 Å². The summed E-state index contributed by atoms with van der Waals surface area (Å²) >= 11 is 5.92. The Morgan fingerprint density at radius 2 is 2.07 bits per heavy atom. The van der Waals surface area contributed by atoms with Gasteiger partial charge in [-0.2, -0.15) is 0 Å². The van der Waals surface area contributed by atoms with E-state index >= 15 is 0 Å². The van der Waals surface area contributed by atoms with Gasteiger partial charge in [0, 0.05) is 12.1 Å². The van der Waals surface area contributed by atoms with Gasteiger partial charge in [-0.1, -0.05) is 38.8 Å². The monoisotopic (exact) mass is 212 g/mol. The average molecular weight is 213 g/mol. The fraction of sp³-hybridized carbons (Fsp3) is 0.636. The lowest BCUT2D eigenvalue weighted by Gasteiger charge is -2.06. The molecule has 0 saturated heterocycles. The van der Waals surface area contributed by atoms with Crippen molar-refractivity contribution in [3.05, 3.63) is 22.7 Å². The molecule has 3 heteroatoms. The maximum Gasteiger partial charge on any atom is 0.133 e. The smallest absolute Gasteiger partial charge is 0.133 e. The maximum absolute atomic E-state index is 5.92. The molecule has 0 unspecified atom stereocenters. The molecule has 2 nitrogen and oxygen atoms in total. The Morgan fingerprint density at radius 3 is 2.64 bits per heavy atom. The number of hydrogen-bond donors (Lipinski definition) is 0. The van der Waals surface area contributed by atoms with Crippen LogP contribution in [0, 0.1) is 5.92 Å². The highest BCUT2D eigenvalue weighted by atomic mass is 35.5.